The second kappa shape index (κ2) is 7.29. The van der Waals surface area contributed by atoms with Crippen molar-refractivity contribution in [1.82, 2.24) is 0 Å². The standard InChI is InChI=1S/C15H12.2ClH.Zr/c1-2-6-12(7-3-1)15-10-13-8-4-5-9-14(13)11-15;;;/h1-10H,11H2;2*1H;/q;;;+2/p-2. The van der Waals surface area contributed by atoms with Gasteiger partial charge >= 0.3 is 37.9 Å². The van der Waals surface area contributed by atoms with Gasteiger partial charge in [0.2, 0.25) is 0 Å². The number of hydrogen-bond donors (Lipinski definition) is 0. The van der Waals surface area contributed by atoms with Crippen molar-refractivity contribution in [3.8, 4) is 0 Å². The fourth-order valence-corrected chi connectivity index (χ4v) is 2.12. The van der Waals surface area contributed by atoms with Crippen LogP contribution < -0.4 is 0 Å². The topological polar surface area (TPSA) is 0 Å². The summed E-state index contributed by atoms with van der Waals surface area (Å²) in [5.74, 6) is 0. The first-order valence-corrected chi connectivity index (χ1v) is 12.0. The zero-order valence-electron chi connectivity index (χ0n) is 9.74. The van der Waals surface area contributed by atoms with Gasteiger partial charge in [-0.25, -0.2) is 0 Å². The Morgan fingerprint density at radius 1 is 0.833 bits per heavy atom. The van der Waals surface area contributed by atoms with Crippen molar-refractivity contribution < 1.29 is 20.8 Å². The van der Waals surface area contributed by atoms with Crippen molar-refractivity contribution in [2.45, 2.75) is 6.42 Å². The van der Waals surface area contributed by atoms with Crippen LogP contribution in [-0.2, 0) is 27.3 Å². The predicted molar refractivity (Wildman–Crippen MR) is 76.2 cm³/mol. The molecule has 0 fully saturated rings. The Kier molecular flexibility index (Phi) is 5.69. The van der Waals surface area contributed by atoms with Gasteiger partial charge in [-0.3, -0.25) is 0 Å². The summed E-state index contributed by atoms with van der Waals surface area (Å²) in [6.07, 6.45) is 3.37. The van der Waals surface area contributed by atoms with E-state index in [1.807, 2.05) is 0 Å². The molecule has 0 atom stereocenters. The summed E-state index contributed by atoms with van der Waals surface area (Å²) in [7, 11) is 9.87. The van der Waals surface area contributed by atoms with Crippen LogP contribution in [0.5, 0.6) is 0 Å². The summed E-state index contributed by atoms with van der Waals surface area (Å²) in [5, 5.41) is 0. The summed E-state index contributed by atoms with van der Waals surface area (Å²) in [6, 6.07) is 19.2. The molecular formula is C15H12Cl2Zr. The van der Waals surface area contributed by atoms with Gasteiger partial charge in [-0.2, -0.15) is 0 Å². The van der Waals surface area contributed by atoms with Crippen LogP contribution in [0.15, 0.2) is 54.6 Å². The van der Waals surface area contributed by atoms with E-state index in [1.54, 1.807) is 0 Å². The van der Waals surface area contributed by atoms with E-state index in [1.165, 1.54) is 22.3 Å². The molecule has 3 heteroatoms. The Hall–Kier alpha value is -0.357. The molecule has 0 radical (unpaired) electrons. The van der Waals surface area contributed by atoms with Crippen molar-refractivity contribution in [3.05, 3.63) is 71.3 Å². The maximum absolute atomic E-state index is 4.93. The minimum atomic E-state index is -0.826. The molecule has 0 aromatic heterocycles. The third kappa shape index (κ3) is 3.57. The molecule has 0 spiro atoms. The Morgan fingerprint density at radius 3 is 2.11 bits per heavy atom. The Morgan fingerprint density at radius 2 is 1.44 bits per heavy atom. The summed E-state index contributed by atoms with van der Waals surface area (Å²) >= 11 is -0.826. The Balaban J connectivity index is 0.000000367. The molecule has 18 heavy (non-hydrogen) atoms. The van der Waals surface area contributed by atoms with Gasteiger partial charge in [-0.05, 0) is 28.7 Å². The summed E-state index contributed by atoms with van der Waals surface area (Å²) in [4.78, 5) is 0. The van der Waals surface area contributed by atoms with E-state index in [2.05, 4.69) is 60.7 Å². The first kappa shape index (κ1) is 14.1. The fourth-order valence-electron chi connectivity index (χ4n) is 2.12. The van der Waals surface area contributed by atoms with Crippen molar-refractivity contribution in [3.63, 3.8) is 0 Å². The van der Waals surface area contributed by atoms with Crippen molar-refractivity contribution in [2.24, 2.45) is 0 Å². The normalized spacial score (nSPS) is 12.0. The third-order valence-electron chi connectivity index (χ3n) is 2.91. The van der Waals surface area contributed by atoms with E-state index in [4.69, 9.17) is 17.0 Å². The predicted octanol–water partition coefficient (Wildman–Crippen LogP) is 5.16. The van der Waals surface area contributed by atoms with Gasteiger partial charge in [0.05, 0.1) is 0 Å². The summed E-state index contributed by atoms with van der Waals surface area (Å²) in [6.45, 7) is 0. The molecule has 90 valence electrons. The number of rotatable bonds is 1. The van der Waals surface area contributed by atoms with Gasteiger partial charge in [-0.1, -0.05) is 60.7 Å². The van der Waals surface area contributed by atoms with Crippen molar-refractivity contribution in [2.75, 3.05) is 0 Å². The maximum atomic E-state index is 4.93. The second-order valence-corrected chi connectivity index (χ2v) is 7.71. The van der Waals surface area contributed by atoms with Crippen molar-refractivity contribution in [1.29, 1.82) is 0 Å². The van der Waals surface area contributed by atoms with Gasteiger partial charge in [-0.15, -0.1) is 0 Å². The molecule has 0 heterocycles. The van der Waals surface area contributed by atoms with Gasteiger partial charge in [0.1, 0.15) is 0 Å². The first-order chi connectivity index (χ1) is 8.85. The number of hydrogen-bond acceptors (Lipinski definition) is 0. The molecule has 0 N–H and O–H groups in total. The Bertz CT molecular complexity index is 535. The molecule has 0 nitrogen and oxygen atoms in total. The number of fused-ring (bicyclic) bond motifs is 1. The zero-order chi connectivity index (χ0) is 12.8. The van der Waals surface area contributed by atoms with Crippen LogP contribution in [0.25, 0.3) is 11.6 Å². The van der Waals surface area contributed by atoms with Crippen LogP contribution in [0, 0.1) is 0 Å². The van der Waals surface area contributed by atoms with Crippen LogP contribution >= 0.6 is 17.0 Å². The van der Waals surface area contributed by atoms with E-state index in [0.29, 0.717) is 0 Å². The van der Waals surface area contributed by atoms with Gasteiger partial charge in [0.15, 0.2) is 0 Å². The number of halogens is 2. The quantitative estimate of drug-likeness (QED) is 0.664. The van der Waals surface area contributed by atoms with Gasteiger partial charge < -0.3 is 0 Å². The van der Waals surface area contributed by atoms with E-state index in [0.717, 1.165) is 6.42 Å². The van der Waals surface area contributed by atoms with Crippen LogP contribution in [-0.4, -0.2) is 0 Å². The molecule has 0 amide bonds. The molecular weight excluding hydrogens is 342 g/mol. The molecule has 0 saturated heterocycles. The third-order valence-corrected chi connectivity index (χ3v) is 2.91. The monoisotopic (exact) mass is 352 g/mol. The Labute approximate surface area is 126 Å². The molecule has 0 unspecified atom stereocenters. The van der Waals surface area contributed by atoms with Crippen LogP contribution in [0.1, 0.15) is 16.7 Å². The van der Waals surface area contributed by atoms with E-state index in [-0.39, 0.29) is 0 Å². The molecule has 1 aliphatic carbocycles. The average Bonchev–Trinajstić information content (AvgIpc) is 2.84. The molecule has 1 aliphatic rings. The number of benzene rings is 2. The molecule has 0 bridgehead atoms. The SMILES string of the molecule is C1=C(c2ccccc2)Cc2ccccc21.[Cl][Zr][Cl]. The molecule has 0 aliphatic heterocycles. The number of allylic oxidation sites excluding steroid dienone is 1. The van der Waals surface area contributed by atoms with Gasteiger partial charge in [0, 0.05) is 0 Å². The molecule has 0 saturated carbocycles. The average molecular weight is 354 g/mol. The summed E-state index contributed by atoms with van der Waals surface area (Å²) in [5.41, 5.74) is 5.58. The van der Waals surface area contributed by atoms with E-state index >= 15 is 0 Å². The summed E-state index contributed by atoms with van der Waals surface area (Å²) < 4.78 is 0. The molecule has 2 aromatic carbocycles. The van der Waals surface area contributed by atoms with E-state index in [9.17, 15) is 0 Å². The van der Waals surface area contributed by atoms with Crippen molar-refractivity contribution >= 4 is 28.7 Å². The zero-order valence-corrected chi connectivity index (χ0v) is 13.7. The van der Waals surface area contributed by atoms with E-state index < -0.39 is 20.8 Å². The molecule has 3 rings (SSSR count). The molecule has 2 aromatic rings. The minimum absolute atomic E-state index is 0.826. The van der Waals surface area contributed by atoms with Gasteiger partial charge in [0.25, 0.3) is 0 Å². The van der Waals surface area contributed by atoms with Crippen LogP contribution in [0.3, 0.4) is 0 Å². The fraction of sp³-hybridized carbons (Fsp3) is 0.0667. The second-order valence-electron chi connectivity index (χ2n) is 3.98. The first-order valence-electron chi connectivity index (χ1n) is 5.65. The van der Waals surface area contributed by atoms with Crippen LogP contribution in [0.2, 0.25) is 0 Å². The van der Waals surface area contributed by atoms with Crippen LogP contribution in [0.4, 0.5) is 0 Å².